The lowest BCUT2D eigenvalue weighted by atomic mass is 9.59. The van der Waals surface area contributed by atoms with E-state index in [-0.39, 0.29) is 11.8 Å². The first-order chi connectivity index (χ1) is 11.0. The minimum atomic E-state index is -2.82. The number of ether oxygens (including phenoxy) is 2. The van der Waals surface area contributed by atoms with E-state index in [2.05, 4.69) is 6.92 Å². The molecule has 0 radical (unpaired) electrons. The quantitative estimate of drug-likeness (QED) is 0.389. The van der Waals surface area contributed by atoms with Gasteiger partial charge in [-0.15, -0.1) is 0 Å². The van der Waals surface area contributed by atoms with Crippen molar-refractivity contribution in [1.29, 1.82) is 0 Å². The molecule has 1 aliphatic carbocycles. The zero-order valence-corrected chi connectivity index (χ0v) is 11.7. The van der Waals surface area contributed by atoms with Crippen LogP contribution in [0.5, 0.6) is 0 Å². The Balaban J connectivity index is 1.89. The Kier molecular flexibility index (Phi) is 1.86. The third kappa shape index (κ3) is 1.46. The average Bonchev–Trinajstić information content (AvgIpc) is 2.70. The minimum absolute atomic E-state index is 0.0919. The molecule has 1 spiro atoms. The van der Waals surface area contributed by atoms with Crippen molar-refractivity contribution >= 4 is 5.97 Å². The summed E-state index contributed by atoms with van der Waals surface area (Å²) in [7, 11) is 0. The highest BCUT2D eigenvalue weighted by Gasteiger charge is 2.69. The van der Waals surface area contributed by atoms with Crippen molar-refractivity contribution in [3.63, 3.8) is 0 Å². The summed E-state index contributed by atoms with van der Waals surface area (Å²) in [6, 6.07) is 0. The van der Waals surface area contributed by atoms with E-state index in [9.17, 15) is 4.79 Å². The first-order valence-electron chi connectivity index (χ1n) is 9.30. The molecule has 0 aromatic carbocycles. The lowest BCUT2D eigenvalue weighted by Gasteiger charge is -2.57. The topological polar surface area (TPSA) is 54.0 Å². The fourth-order valence-electron chi connectivity index (χ4n) is 4.37. The van der Waals surface area contributed by atoms with E-state index >= 15 is 0 Å². The minimum Gasteiger partial charge on any atom is -0.432 e. The standard InChI is InChI=1S/C15H22O5/c1-8-4-5-11-9(2)12(16)17-13-15(11)10(8)6-7-14(3,18-13)19-20-15/h8-11,13H,4-7H2,1-3H3/t8-,9+,10+,11+,13-,14-,15-/m1/s1/i2+1D3,9D. The molecular formula is C15H22O5. The summed E-state index contributed by atoms with van der Waals surface area (Å²) in [5, 5.41) is 0. The fraction of sp³-hybridized carbons (Fsp3) is 0.933. The van der Waals surface area contributed by atoms with Gasteiger partial charge in [-0.3, -0.25) is 4.79 Å². The molecule has 1 saturated carbocycles. The van der Waals surface area contributed by atoms with Gasteiger partial charge in [0.25, 0.3) is 0 Å². The van der Waals surface area contributed by atoms with Gasteiger partial charge in [-0.05, 0) is 32.1 Å². The molecule has 0 unspecified atom stereocenters. The van der Waals surface area contributed by atoms with Crippen molar-refractivity contribution in [3.8, 4) is 0 Å². The van der Waals surface area contributed by atoms with Gasteiger partial charge in [0.1, 0.15) is 0 Å². The Bertz CT molecular complexity index is 583. The van der Waals surface area contributed by atoms with Gasteiger partial charge in [0.15, 0.2) is 5.60 Å². The Morgan fingerprint density at radius 2 is 2.15 bits per heavy atom. The number of fused-ring (bicyclic) bond motifs is 2. The molecule has 0 aromatic heterocycles. The van der Waals surface area contributed by atoms with Gasteiger partial charge >= 0.3 is 5.97 Å². The maximum atomic E-state index is 12.5. The van der Waals surface area contributed by atoms with Crippen LogP contribution in [0.2, 0.25) is 0 Å². The molecule has 5 nitrogen and oxygen atoms in total. The zero-order chi connectivity index (χ0) is 17.5. The molecule has 0 aromatic rings. The maximum absolute atomic E-state index is 12.5. The van der Waals surface area contributed by atoms with Gasteiger partial charge in [-0.1, -0.05) is 13.8 Å². The first kappa shape index (κ1) is 9.38. The molecule has 4 saturated heterocycles. The van der Waals surface area contributed by atoms with Gasteiger partial charge in [-0.25, -0.2) is 9.78 Å². The van der Waals surface area contributed by atoms with Crippen molar-refractivity contribution in [1.82, 2.24) is 0 Å². The molecular weight excluding hydrogens is 261 g/mol. The molecule has 5 rings (SSSR count). The predicted octanol–water partition coefficient (Wildman–Crippen LogP) is 2.39. The van der Waals surface area contributed by atoms with Crippen LogP contribution in [-0.4, -0.2) is 23.6 Å². The van der Waals surface area contributed by atoms with Crippen LogP contribution in [-0.2, 0) is 24.0 Å². The molecule has 0 N–H and O–H groups in total. The lowest BCUT2D eigenvalue weighted by Crippen LogP contribution is -2.69. The monoisotopic (exact) mass is 287 g/mol. The van der Waals surface area contributed by atoms with E-state index < -0.39 is 42.3 Å². The highest BCUT2D eigenvalue weighted by atomic mass is 17.3. The van der Waals surface area contributed by atoms with Gasteiger partial charge in [0.05, 0.1) is 5.89 Å². The molecule has 112 valence electrons. The van der Waals surface area contributed by atoms with Crippen LogP contribution in [0.1, 0.15) is 51.9 Å². The third-order valence-electron chi connectivity index (χ3n) is 5.50. The van der Waals surface area contributed by atoms with E-state index in [1.807, 2.05) is 0 Å². The smallest absolute Gasteiger partial charge is 0.311 e. The molecule has 4 heterocycles. The van der Waals surface area contributed by atoms with Gasteiger partial charge < -0.3 is 9.47 Å². The highest BCUT2D eigenvalue weighted by Crippen LogP contribution is 2.59. The largest absolute Gasteiger partial charge is 0.432 e. The third-order valence-corrected chi connectivity index (χ3v) is 5.50. The molecule has 20 heavy (non-hydrogen) atoms. The summed E-state index contributed by atoms with van der Waals surface area (Å²) in [6.07, 6.45) is 1.34. The van der Waals surface area contributed by atoms with E-state index in [1.165, 1.54) is 0 Å². The second-order valence-corrected chi connectivity index (χ2v) is 6.68. The van der Waals surface area contributed by atoms with Crippen LogP contribution in [0.3, 0.4) is 0 Å². The van der Waals surface area contributed by atoms with E-state index in [0.717, 1.165) is 6.42 Å². The Morgan fingerprint density at radius 1 is 1.30 bits per heavy atom. The molecule has 0 amide bonds. The number of carbonyl (C=O) groups is 1. The van der Waals surface area contributed by atoms with Crippen molar-refractivity contribution < 1.29 is 29.5 Å². The second-order valence-electron chi connectivity index (χ2n) is 6.68. The van der Waals surface area contributed by atoms with E-state index in [0.29, 0.717) is 19.3 Å². The van der Waals surface area contributed by atoms with Crippen LogP contribution in [0, 0.1) is 23.6 Å². The Hall–Kier alpha value is -0.650. The Morgan fingerprint density at radius 3 is 2.95 bits per heavy atom. The van der Waals surface area contributed by atoms with Crippen molar-refractivity contribution in [3.05, 3.63) is 0 Å². The van der Waals surface area contributed by atoms with Crippen molar-refractivity contribution in [2.24, 2.45) is 23.6 Å². The molecule has 4 aliphatic heterocycles. The SMILES string of the molecule is [2H][C@@]1([13C]([2H])([2H])[2H])C(=O)O[C@@H]2O[C@@]3(C)CC[C@H]4[C@H](C)CC[C@@H]1[C@@]24OO3. The van der Waals surface area contributed by atoms with Crippen LogP contribution in [0.4, 0.5) is 0 Å². The number of hydrogen-bond acceptors (Lipinski definition) is 5. The van der Waals surface area contributed by atoms with Crippen molar-refractivity contribution in [2.45, 2.75) is 64.1 Å². The average molecular weight is 287 g/mol. The summed E-state index contributed by atoms with van der Waals surface area (Å²) in [6.45, 7) is 0.974. The zero-order valence-electron chi connectivity index (χ0n) is 15.7. The van der Waals surface area contributed by atoms with Crippen LogP contribution in [0.25, 0.3) is 0 Å². The van der Waals surface area contributed by atoms with E-state index in [1.54, 1.807) is 6.92 Å². The summed E-state index contributed by atoms with van der Waals surface area (Å²) in [5.41, 5.74) is -1.24. The van der Waals surface area contributed by atoms with E-state index in [4.69, 9.17) is 24.7 Å². The van der Waals surface area contributed by atoms with Crippen molar-refractivity contribution in [2.75, 3.05) is 0 Å². The number of rotatable bonds is 0. The first-order valence-corrected chi connectivity index (χ1v) is 7.30. The lowest BCUT2D eigenvalue weighted by molar-refractivity contribution is -0.559. The van der Waals surface area contributed by atoms with Gasteiger partial charge in [0.2, 0.25) is 12.1 Å². The normalized spacial score (nSPS) is 65.0. The molecule has 7 atom stereocenters. The summed E-state index contributed by atoms with van der Waals surface area (Å²) in [4.78, 5) is 23.8. The molecule has 5 aliphatic rings. The maximum Gasteiger partial charge on any atom is 0.311 e. The molecule has 2 bridgehead atoms. The van der Waals surface area contributed by atoms with Crippen LogP contribution < -0.4 is 0 Å². The number of carbonyl (C=O) groups excluding carboxylic acids is 1. The summed E-state index contributed by atoms with van der Waals surface area (Å²) >= 11 is 0. The van der Waals surface area contributed by atoms with Crippen LogP contribution >= 0.6 is 0 Å². The Labute approximate surface area is 124 Å². The summed E-state index contributed by atoms with van der Waals surface area (Å²) in [5.74, 6) is -5.20. The number of esters is 1. The molecule has 5 heteroatoms. The number of hydrogen-bond donors (Lipinski definition) is 0. The van der Waals surface area contributed by atoms with Crippen LogP contribution in [0.15, 0.2) is 0 Å². The highest BCUT2D eigenvalue weighted by molar-refractivity contribution is 5.74. The van der Waals surface area contributed by atoms with Gasteiger partial charge in [0, 0.05) is 23.7 Å². The van der Waals surface area contributed by atoms with Gasteiger partial charge in [-0.2, -0.15) is 0 Å². The predicted molar refractivity (Wildman–Crippen MR) is 68.0 cm³/mol. The molecule has 5 fully saturated rings. The second kappa shape index (κ2) is 3.96. The fourth-order valence-corrected chi connectivity index (χ4v) is 4.37. The summed E-state index contributed by atoms with van der Waals surface area (Å²) < 4.78 is 43.3.